The predicted molar refractivity (Wildman–Crippen MR) is 109 cm³/mol. The molecule has 1 amide bonds. The van der Waals surface area contributed by atoms with Gasteiger partial charge in [-0.05, 0) is 18.2 Å². The third kappa shape index (κ3) is 4.61. The monoisotopic (exact) mass is 437 g/mol. The van der Waals surface area contributed by atoms with Crippen molar-refractivity contribution in [1.82, 2.24) is 14.8 Å². The first-order chi connectivity index (χ1) is 13.3. The number of thioether (sulfide) groups is 1. The minimum atomic E-state index is -0.470. The third-order valence-corrected chi connectivity index (χ3v) is 5.26. The Balaban J connectivity index is 1.68. The SMILES string of the molecule is Cn1c(SCC(=O)Nc2ccc(Cl)cc2Cl)nnc1-c1cccc([N+](=O)[O-])c1. The Morgan fingerprint density at radius 2 is 2.04 bits per heavy atom. The molecule has 0 saturated heterocycles. The molecule has 0 radical (unpaired) electrons. The molecule has 3 rings (SSSR count). The number of hydrogen-bond acceptors (Lipinski definition) is 6. The number of carbonyl (C=O) groups excluding carboxylic acids is 1. The highest BCUT2D eigenvalue weighted by atomic mass is 35.5. The Hall–Kier alpha value is -2.62. The number of amides is 1. The number of carbonyl (C=O) groups is 1. The molecular weight excluding hydrogens is 425 g/mol. The highest BCUT2D eigenvalue weighted by Gasteiger charge is 2.15. The average molecular weight is 438 g/mol. The topological polar surface area (TPSA) is 103 Å². The number of non-ortho nitro benzene ring substituents is 1. The molecule has 1 N–H and O–H groups in total. The van der Waals surface area contributed by atoms with Gasteiger partial charge in [-0.15, -0.1) is 10.2 Å². The minimum Gasteiger partial charge on any atom is -0.324 e. The van der Waals surface area contributed by atoms with Crippen LogP contribution in [-0.4, -0.2) is 31.3 Å². The lowest BCUT2D eigenvalue weighted by Crippen LogP contribution is -2.14. The van der Waals surface area contributed by atoms with E-state index in [2.05, 4.69) is 15.5 Å². The number of nitrogens with zero attached hydrogens (tertiary/aromatic N) is 4. The van der Waals surface area contributed by atoms with Crippen molar-refractivity contribution in [1.29, 1.82) is 0 Å². The highest BCUT2D eigenvalue weighted by Crippen LogP contribution is 2.27. The van der Waals surface area contributed by atoms with E-state index in [0.717, 1.165) is 0 Å². The number of nitrogens with one attached hydrogen (secondary N) is 1. The molecular formula is C17H13Cl2N5O3S. The molecule has 0 aliphatic carbocycles. The van der Waals surface area contributed by atoms with E-state index >= 15 is 0 Å². The van der Waals surface area contributed by atoms with Crippen LogP contribution in [0.2, 0.25) is 10.0 Å². The summed E-state index contributed by atoms with van der Waals surface area (Å²) in [5.41, 5.74) is 0.995. The summed E-state index contributed by atoms with van der Waals surface area (Å²) in [5, 5.41) is 23.1. The molecule has 0 bridgehead atoms. The maximum Gasteiger partial charge on any atom is 0.270 e. The third-order valence-electron chi connectivity index (χ3n) is 3.69. The van der Waals surface area contributed by atoms with Crippen LogP contribution in [0.4, 0.5) is 11.4 Å². The number of halogens is 2. The fourth-order valence-electron chi connectivity index (χ4n) is 2.36. The maximum absolute atomic E-state index is 12.2. The smallest absolute Gasteiger partial charge is 0.270 e. The fourth-order valence-corrected chi connectivity index (χ4v) is 3.52. The van der Waals surface area contributed by atoms with Gasteiger partial charge in [-0.3, -0.25) is 14.9 Å². The van der Waals surface area contributed by atoms with Gasteiger partial charge in [0.1, 0.15) is 0 Å². The van der Waals surface area contributed by atoms with Gasteiger partial charge in [-0.2, -0.15) is 0 Å². The van der Waals surface area contributed by atoms with Crippen LogP contribution < -0.4 is 5.32 Å². The lowest BCUT2D eigenvalue weighted by atomic mass is 10.2. The number of rotatable bonds is 6. The summed E-state index contributed by atoms with van der Waals surface area (Å²) in [4.78, 5) is 22.6. The molecule has 0 atom stereocenters. The van der Waals surface area contributed by atoms with Crippen molar-refractivity contribution in [2.75, 3.05) is 11.1 Å². The molecule has 0 spiro atoms. The molecule has 0 aliphatic rings. The number of anilines is 1. The zero-order chi connectivity index (χ0) is 20.3. The van der Waals surface area contributed by atoms with E-state index in [-0.39, 0.29) is 17.3 Å². The summed E-state index contributed by atoms with van der Waals surface area (Å²) in [6.45, 7) is 0. The molecule has 3 aromatic rings. The standard InChI is InChI=1S/C17H13Cl2N5O3S/c1-23-16(10-3-2-4-12(7-10)24(26)27)21-22-17(23)28-9-15(25)20-14-6-5-11(18)8-13(14)19/h2-8H,9H2,1H3,(H,20,25). The van der Waals surface area contributed by atoms with E-state index in [4.69, 9.17) is 23.2 Å². The van der Waals surface area contributed by atoms with Crippen LogP contribution in [0, 0.1) is 10.1 Å². The first-order valence-corrected chi connectivity index (χ1v) is 9.61. The number of hydrogen-bond donors (Lipinski definition) is 1. The van der Waals surface area contributed by atoms with Gasteiger partial charge in [0, 0.05) is 29.8 Å². The van der Waals surface area contributed by atoms with Crippen LogP contribution in [0.3, 0.4) is 0 Å². The van der Waals surface area contributed by atoms with E-state index < -0.39 is 4.92 Å². The second-order valence-electron chi connectivity index (χ2n) is 5.63. The summed E-state index contributed by atoms with van der Waals surface area (Å²) < 4.78 is 1.67. The summed E-state index contributed by atoms with van der Waals surface area (Å²) in [7, 11) is 1.73. The van der Waals surface area contributed by atoms with Gasteiger partial charge in [0.2, 0.25) is 5.91 Å². The van der Waals surface area contributed by atoms with Crippen LogP contribution >= 0.6 is 35.0 Å². The Bertz CT molecular complexity index is 1060. The summed E-state index contributed by atoms with van der Waals surface area (Å²) in [6, 6.07) is 10.9. The van der Waals surface area contributed by atoms with Crippen molar-refractivity contribution in [2.45, 2.75) is 5.16 Å². The van der Waals surface area contributed by atoms with Crippen molar-refractivity contribution < 1.29 is 9.72 Å². The summed E-state index contributed by atoms with van der Waals surface area (Å²) in [5.74, 6) is 0.279. The normalized spacial score (nSPS) is 10.7. The first-order valence-electron chi connectivity index (χ1n) is 7.87. The highest BCUT2D eigenvalue weighted by molar-refractivity contribution is 7.99. The van der Waals surface area contributed by atoms with Gasteiger partial charge in [0.15, 0.2) is 11.0 Å². The number of aromatic nitrogens is 3. The fraction of sp³-hybridized carbons (Fsp3) is 0.118. The van der Waals surface area contributed by atoms with Gasteiger partial charge < -0.3 is 9.88 Å². The molecule has 1 aromatic heterocycles. The zero-order valence-electron chi connectivity index (χ0n) is 14.4. The van der Waals surface area contributed by atoms with E-state index in [1.807, 2.05) is 0 Å². The number of nitro benzene ring substituents is 1. The summed E-state index contributed by atoms with van der Waals surface area (Å²) >= 11 is 13.1. The first kappa shape index (κ1) is 20.1. The average Bonchev–Trinajstić information content (AvgIpc) is 3.03. The van der Waals surface area contributed by atoms with Gasteiger partial charge in [-0.1, -0.05) is 47.1 Å². The molecule has 0 saturated carbocycles. The molecule has 28 heavy (non-hydrogen) atoms. The Morgan fingerprint density at radius 3 is 2.75 bits per heavy atom. The van der Waals surface area contributed by atoms with Crippen molar-refractivity contribution in [3.05, 3.63) is 62.6 Å². The van der Waals surface area contributed by atoms with Crippen LogP contribution in [0.25, 0.3) is 11.4 Å². The van der Waals surface area contributed by atoms with Crippen LogP contribution in [0.15, 0.2) is 47.6 Å². The van der Waals surface area contributed by atoms with Crippen molar-refractivity contribution >= 4 is 52.2 Å². The van der Waals surface area contributed by atoms with E-state index in [0.29, 0.717) is 32.3 Å². The van der Waals surface area contributed by atoms with Crippen LogP contribution in [0.1, 0.15) is 0 Å². The van der Waals surface area contributed by atoms with Crippen LogP contribution in [0.5, 0.6) is 0 Å². The Morgan fingerprint density at radius 1 is 1.25 bits per heavy atom. The molecule has 0 fully saturated rings. The minimum absolute atomic E-state index is 0.0334. The zero-order valence-corrected chi connectivity index (χ0v) is 16.8. The Labute approximate surface area is 174 Å². The lowest BCUT2D eigenvalue weighted by molar-refractivity contribution is -0.384. The van der Waals surface area contributed by atoms with Crippen LogP contribution in [-0.2, 0) is 11.8 Å². The van der Waals surface area contributed by atoms with Gasteiger partial charge in [0.25, 0.3) is 5.69 Å². The Kier molecular flexibility index (Phi) is 6.18. The van der Waals surface area contributed by atoms with Crippen molar-refractivity contribution in [3.63, 3.8) is 0 Å². The van der Waals surface area contributed by atoms with Gasteiger partial charge in [-0.25, -0.2) is 0 Å². The second-order valence-corrected chi connectivity index (χ2v) is 7.42. The van der Waals surface area contributed by atoms with E-state index in [9.17, 15) is 14.9 Å². The van der Waals surface area contributed by atoms with Crippen molar-refractivity contribution in [3.8, 4) is 11.4 Å². The molecule has 0 aliphatic heterocycles. The number of benzene rings is 2. The quantitative estimate of drug-likeness (QED) is 0.347. The largest absolute Gasteiger partial charge is 0.324 e. The lowest BCUT2D eigenvalue weighted by Gasteiger charge is -2.07. The van der Waals surface area contributed by atoms with Crippen molar-refractivity contribution in [2.24, 2.45) is 7.05 Å². The molecule has 8 nitrogen and oxygen atoms in total. The molecule has 0 unspecified atom stereocenters. The molecule has 1 heterocycles. The second kappa shape index (κ2) is 8.59. The van der Waals surface area contributed by atoms with Gasteiger partial charge in [0.05, 0.1) is 21.4 Å². The maximum atomic E-state index is 12.2. The van der Waals surface area contributed by atoms with E-state index in [1.165, 1.54) is 23.9 Å². The number of nitro groups is 1. The molecule has 144 valence electrons. The predicted octanol–water partition coefficient (Wildman–Crippen LogP) is 4.43. The van der Waals surface area contributed by atoms with Gasteiger partial charge >= 0.3 is 0 Å². The van der Waals surface area contributed by atoms with E-state index in [1.54, 1.807) is 41.9 Å². The molecule has 11 heteroatoms. The molecule has 2 aromatic carbocycles. The summed E-state index contributed by atoms with van der Waals surface area (Å²) in [6.07, 6.45) is 0.